The lowest BCUT2D eigenvalue weighted by molar-refractivity contribution is 1.42. The van der Waals surface area contributed by atoms with Crippen LogP contribution in [0.25, 0.3) is 54.6 Å². The van der Waals surface area contributed by atoms with Crippen molar-refractivity contribution in [3.8, 4) is 22.3 Å². The number of hydrogen-bond acceptors (Lipinski definition) is 1. The normalized spacial score (nSPS) is 11.4. The van der Waals surface area contributed by atoms with E-state index in [1.807, 2.05) is 11.8 Å². The van der Waals surface area contributed by atoms with Crippen LogP contribution < -0.4 is 0 Å². The molecular weight excluding hydrogens is 464 g/mol. The molecule has 0 aromatic heterocycles. The van der Waals surface area contributed by atoms with Crippen LogP contribution in [0.4, 0.5) is 0 Å². The molecule has 0 nitrogen and oxygen atoms in total. The molecule has 0 heterocycles. The fourth-order valence-corrected chi connectivity index (χ4v) is 6.30. The number of rotatable bonds is 4. The predicted molar refractivity (Wildman–Crippen MR) is 160 cm³/mol. The average molecular weight is 489 g/mol. The molecule has 7 aromatic carbocycles. The summed E-state index contributed by atoms with van der Waals surface area (Å²) in [5, 5.41) is 7.86. The summed E-state index contributed by atoms with van der Waals surface area (Å²) in [6, 6.07) is 52.7. The lowest BCUT2D eigenvalue weighted by atomic mass is 9.94. The van der Waals surface area contributed by atoms with E-state index in [2.05, 4.69) is 146 Å². The van der Waals surface area contributed by atoms with Crippen molar-refractivity contribution in [2.45, 2.75) is 9.79 Å². The Kier molecular flexibility index (Phi) is 5.49. The Labute approximate surface area is 221 Å². The largest absolute Gasteiger partial charge is 0.0900 e. The van der Waals surface area contributed by atoms with Crippen LogP contribution in [0.1, 0.15) is 0 Å². The van der Waals surface area contributed by atoms with Crippen molar-refractivity contribution in [2.75, 3.05) is 0 Å². The minimum absolute atomic E-state index is 1.23. The monoisotopic (exact) mass is 488 g/mol. The van der Waals surface area contributed by atoms with Gasteiger partial charge in [-0.1, -0.05) is 127 Å². The molecule has 37 heavy (non-hydrogen) atoms. The SMILES string of the molecule is c1ccc(-c2cc(Sc3ccc4c5ccccc5c5ccccc5c4c3)cc(-c3ccccc3)c2)cc1. The van der Waals surface area contributed by atoms with Gasteiger partial charge in [0, 0.05) is 9.79 Å². The van der Waals surface area contributed by atoms with E-state index < -0.39 is 0 Å². The first-order valence-corrected chi connectivity index (χ1v) is 13.4. The van der Waals surface area contributed by atoms with Gasteiger partial charge < -0.3 is 0 Å². The molecule has 0 aliphatic rings. The maximum Gasteiger partial charge on any atom is 0.0134 e. The Morgan fingerprint density at radius 1 is 0.270 bits per heavy atom. The molecule has 0 aliphatic carbocycles. The summed E-state index contributed by atoms with van der Waals surface area (Å²) in [6.45, 7) is 0. The number of benzene rings is 7. The van der Waals surface area contributed by atoms with Crippen molar-refractivity contribution in [1.29, 1.82) is 0 Å². The summed E-state index contributed by atoms with van der Waals surface area (Å²) in [6.07, 6.45) is 0. The van der Waals surface area contributed by atoms with E-state index in [1.165, 1.54) is 64.4 Å². The molecule has 0 fully saturated rings. The van der Waals surface area contributed by atoms with E-state index in [1.54, 1.807) is 0 Å². The Balaban J connectivity index is 1.38. The minimum Gasteiger partial charge on any atom is -0.0900 e. The average Bonchev–Trinajstić information content (AvgIpc) is 2.98. The van der Waals surface area contributed by atoms with Gasteiger partial charge in [0.25, 0.3) is 0 Å². The third-order valence-electron chi connectivity index (χ3n) is 7.07. The summed E-state index contributed by atoms with van der Waals surface area (Å²) in [4.78, 5) is 2.49. The first kappa shape index (κ1) is 21.9. The van der Waals surface area contributed by atoms with Crippen LogP contribution in [0.15, 0.2) is 155 Å². The molecule has 0 bridgehead atoms. The van der Waals surface area contributed by atoms with E-state index in [9.17, 15) is 0 Å². The van der Waals surface area contributed by atoms with Crippen molar-refractivity contribution >= 4 is 44.1 Å². The standard InChI is InChI=1S/C36H24S/c1-3-11-25(12-4-1)27-21-28(26-13-5-2-6-14-26)23-30(22-27)37-29-19-20-35-33-17-8-7-15-31(33)32-16-9-10-18-34(32)36(35)24-29/h1-24H. The summed E-state index contributed by atoms with van der Waals surface area (Å²) in [7, 11) is 0. The third kappa shape index (κ3) is 4.08. The molecule has 0 amide bonds. The van der Waals surface area contributed by atoms with Gasteiger partial charge in [0.2, 0.25) is 0 Å². The maximum absolute atomic E-state index is 2.37. The van der Waals surface area contributed by atoms with Crippen LogP contribution in [0.2, 0.25) is 0 Å². The third-order valence-corrected chi connectivity index (χ3v) is 8.03. The zero-order valence-electron chi connectivity index (χ0n) is 20.3. The fraction of sp³-hybridized carbons (Fsp3) is 0. The highest BCUT2D eigenvalue weighted by molar-refractivity contribution is 7.99. The van der Waals surface area contributed by atoms with Crippen molar-refractivity contribution in [3.63, 3.8) is 0 Å². The first-order valence-electron chi connectivity index (χ1n) is 12.6. The van der Waals surface area contributed by atoms with E-state index in [0.29, 0.717) is 0 Å². The molecule has 7 aromatic rings. The predicted octanol–water partition coefficient (Wildman–Crippen LogP) is 10.6. The van der Waals surface area contributed by atoms with Crippen LogP contribution in [0.5, 0.6) is 0 Å². The smallest absolute Gasteiger partial charge is 0.0134 e. The van der Waals surface area contributed by atoms with Crippen LogP contribution in [-0.2, 0) is 0 Å². The van der Waals surface area contributed by atoms with E-state index in [0.717, 1.165) is 0 Å². The molecule has 7 rings (SSSR count). The lowest BCUT2D eigenvalue weighted by Gasteiger charge is -2.13. The van der Waals surface area contributed by atoms with E-state index in [4.69, 9.17) is 0 Å². The summed E-state index contributed by atoms with van der Waals surface area (Å²) >= 11 is 1.83. The van der Waals surface area contributed by atoms with Gasteiger partial charge in [0.1, 0.15) is 0 Å². The molecule has 1 heteroatoms. The highest BCUT2D eigenvalue weighted by Crippen LogP contribution is 2.40. The molecule has 0 aliphatic heterocycles. The second-order valence-electron chi connectivity index (χ2n) is 9.38. The molecule has 0 radical (unpaired) electrons. The van der Waals surface area contributed by atoms with Gasteiger partial charge in [-0.3, -0.25) is 0 Å². The van der Waals surface area contributed by atoms with Gasteiger partial charge in [-0.05, 0) is 84.9 Å². The highest BCUT2D eigenvalue weighted by atomic mass is 32.2. The Bertz CT molecular complexity index is 1790. The van der Waals surface area contributed by atoms with Gasteiger partial charge in [-0.25, -0.2) is 0 Å². The van der Waals surface area contributed by atoms with Crippen molar-refractivity contribution in [2.24, 2.45) is 0 Å². The zero-order chi connectivity index (χ0) is 24.6. The topological polar surface area (TPSA) is 0 Å². The minimum atomic E-state index is 1.23. The van der Waals surface area contributed by atoms with Crippen molar-refractivity contribution < 1.29 is 0 Å². The van der Waals surface area contributed by atoms with E-state index in [-0.39, 0.29) is 0 Å². The number of fused-ring (bicyclic) bond motifs is 6. The molecule has 0 saturated carbocycles. The molecule has 0 saturated heterocycles. The van der Waals surface area contributed by atoms with E-state index >= 15 is 0 Å². The van der Waals surface area contributed by atoms with Crippen molar-refractivity contribution in [1.82, 2.24) is 0 Å². The van der Waals surface area contributed by atoms with Crippen LogP contribution in [0, 0.1) is 0 Å². The van der Waals surface area contributed by atoms with Crippen LogP contribution in [-0.4, -0.2) is 0 Å². The molecule has 0 unspecified atom stereocenters. The Morgan fingerprint density at radius 2 is 0.703 bits per heavy atom. The van der Waals surface area contributed by atoms with Gasteiger partial charge in [-0.15, -0.1) is 0 Å². The van der Waals surface area contributed by atoms with Gasteiger partial charge in [0.15, 0.2) is 0 Å². The molecular formula is C36H24S. The van der Waals surface area contributed by atoms with Gasteiger partial charge >= 0.3 is 0 Å². The summed E-state index contributed by atoms with van der Waals surface area (Å²) in [5.41, 5.74) is 4.94. The first-order chi connectivity index (χ1) is 18.3. The quantitative estimate of drug-likeness (QED) is 0.222. The Hall–Kier alpha value is -4.33. The second kappa shape index (κ2) is 9.28. The molecule has 174 valence electrons. The van der Waals surface area contributed by atoms with Crippen molar-refractivity contribution in [3.05, 3.63) is 146 Å². The molecule has 0 atom stereocenters. The molecule has 0 spiro atoms. The maximum atomic E-state index is 2.37. The number of hydrogen-bond donors (Lipinski definition) is 0. The van der Waals surface area contributed by atoms with Crippen LogP contribution in [0.3, 0.4) is 0 Å². The fourth-order valence-electron chi connectivity index (χ4n) is 5.34. The van der Waals surface area contributed by atoms with Gasteiger partial charge in [-0.2, -0.15) is 0 Å². The van der Waals surface area contributed by atoms with Gasteiger partial charge in [0.05, 0.1) is 0 Å². The highest BCUT2D eigenvalue weighted by Gasteiger charge is 2.11. The molecule has 0 N–H and O–H groups in total. The summed E-state index contributed by atoms with van der Waals surface area (Å²) < 4.78 is 0. The summed E-state index contributed by atoms with van der Waals surface area (Å²) in [5.74, 6) is 0. The lowest BCUT2D eigenvalue weighted by Crippen LogP contribution is -1.86. The van der Waals surface area contributed by atoms with Crippen LogP contribution >= 0.6 is 11.8 Å². The second-order valence-corrected chi connectivity index (χ2v) is 10.5. The zero-order valence-corrected chi connectivity index (χ0v) is 21.1. The Morgan fingerprint density at radius 3 is 1.22 bits per heavy atom.